The van der Waals surface area contributed by atoms with Gasteiger partial charge in [-0.1, -0.05) is 12.1 Å². The van der Waals surface area contributed by atoms with Crippen LogP contribution in [0.1, 0.15) is 19.4 Å². The largest absolute Gasteiger partial charge is 0.508 e. The standard InChI is InChI=1S/C7H8O.C4H10O4S/c1-6-3-2-4-7(8)5-6;1-3-7-9(5,6)8-4-2/h2-5,8H,1H3;3-4H2,1-2H3. The summed E-state index contributed by atoms with van der Waals surface area (Å²) in [7, 11) is -3.68. The number of aromatic hydroxyl groups is 1. The number of hydrogen-bond donors (Lipinski definition) is 1. The van der Waals surface area contributed by atoms with Crippen molar-refractivity contribution in [2.75, 3.05) is 13.2 Å². The van der Waals surface area contributed by atoms with Gasteiger partial charge in [-0.15, -0.1) is 0 Å². The Bertz CT molecular complexity index is 384. The minimum absolute atomic E-state index is 0.113. The molecule has 0 aliphatic rings. The zero-order valence-corrected chi connectivity index (χ0v) is 11.0. The average molecular weight is 262 g/mol. The van der Waals surface area contributed by atoms with Crippen LogP contribution in [0.2, 0.25) is 0 Å². The maximum absolute atomic E-state index is 10.4. The molecule has 0 radical (unpaired) electrons. The van der Waals surface area contributed by atoms with Gasteiger partial charge in [0.15, 0.2) is 0 Å². The van der Waals surface area contributed by atoms with Crippen molar-refractivity contribution in [1.29, 1.82) is 0 Å². The normalized spacial score (nSPS) is 10.5. The quantitative estimate of drug-likeness (QED) is 0.898. The van der Waals surface area contributed by atoms with E-state index in [-0.39, 0.29) is 13.2 Å². The summed E-state index contributed by atoms with van der Waals surface area (Å²) < 4.78 is 29.2. The maximum atomic E-state index is 10.4. The van der Waals surface area contributed by atoms with Crippen LogP contribution in [-0.4, -0.2) is 26.7 Å². The molecular formula is C11H18O5S. The molecule has 0 fully saturated rings. The third-order valence-electron chi connectivity index (χ3n) is 1.53. The fourth-order valence-electron chi connectivity index (χ4n) is 0.951. The summed E-state index contributed by atoms with van der Waals surface area (Å²) in [5.41, 5.74) is 1.09. The van der Waals surface area contributed by atoms with Gasteiger partial charge in [0.2, 0.25) is 0 Å². The van der Waals surface area contributed by atoms with E-state index in [1.807, 2.05) is 19.1 Å². The Hall–Kier alpha value is -1.11. The predicted molar refractivity (Wildman–Crippen MR) is 65.0 cm³/mol. The summed E-state index contributed by atoms with van der Waals surface area (Å²) in [4.78, 5) is 0. The molecule has 0 aromatic heterocycles. The Labute approximate surface area is 102 Å². The van der Waals surface area contributed by atoms with E-state index in [2.05, 4.69) is 8.37 Å². The fraction of sp³-hybridized carbons (Fsp3) is 0.455. The predicted octanol–water partition coefficient (Wildman–Crippen LogP) is 2.00. The van der Waals surface area contributed by atoms with Gasteiger partial charge in [-0.25, -0.2) is 8.37 Å². The minimum atomic E-state index is -3.68. The highest BCUT2D eigenvalue weighted by molar-refractivity contribution is 7.81. The van der Waals surface area contributed by atoms with E-state index in [1.165, 1.54) is 0 Å². The van der Waals surface area contributed by atoms with Crippen LogP contribution in [0, 0.1) is 6.92 Å². The van der Waals surface area contributed by atoms with Gasteiger partial charge in [-0.3, -0.25) is 0 Å². The van der Waals surface area contributed by atoms with E-state index in [9.17, 15) is 8.42 Å². The van der Waals surface area contributed by atoms with Crippen molar-refractivity contribution in [1.82, 2.24) is 0 Å². The third kappa shape index (κ3) is 8.67. The van der Waals surface area contributed by atoms with Crippen LogP contribution in [0.5, 0.6) is 5.75 Å². The number of phenolic OH excluding ortho intramolecular Hbond substituents is 1. The number of aryl methyl sites for hydroxylation is 1. The van der Waals surface area contributed by atoms with E-state index in [0.29, 0.717) is 5.75 Å². The molecule has 0 saturated carbocycles. The number of benzene rings is 1. The van der Waals surface area contributed by atoms with Crippen molar-refractivity contribution in [3.8, 4) is 5.75 Å². The number of rotatable bonds is 4. The zero-order chi connectivity index (χ0) is 13.3. The van der Waals surface area contributed by atoms with Crippen LogP contribution < -0.4 is 0 Å². The molecule has 6 heteroatoms. The lowest BCUT2D eigenvalue weighted by atomic mass is 10.2. The van der Waals surface area contributed by atoms with Crippen LogP contribution in [0.25, 0.3) is 0 Å². The lowest BCUT2D eigenvalue weighted by molar-refractivity contribution is 0.231. The summed E-state index contributed by atoms with van der Waals surface area (Å²) >= 11 is 0. The van der Waals surface area contributed by atoms with Crippen LogP contribution in [0.3, 0.4) is 0 Å². The third-order valence-corrected chi connectivity index (χ3v) is 2.57. The Morgan fingerprint density at radius 3 is 2.00 bits per heavy atom. The monoisotopic (exact) mass is 262 g/mol. The lowest BCUT2D eigenvalue weighted by Gasteiger charge is -1.99. The Morgan fingerprint density at radius 2 is 1.71 bits per heavy atom. The summed E-state index contributed by atoms with van der Waals surface area (Å²) in [5.74, 6) is 0.338. The second-order valence-electron chi connectivity index (χ2n) is 3.06. The van der Waals surface area contributed by atoms with Crippen LogP contribution in [-0.2, 0) is 18.8 Å². The zero-order valence-electron chi connectivity index (χ0n) is 10.2. The Balaban J connectivity index is 0.000000302. The first-order chi connectivity index (χ1) is 7.91. The van der Waals surface area contributed by atoms with Crippen LogP contribution >= 0.6 is 0 Å². The molecule has 0 aliphatic heterocycles. The number of phenols is 1. The molecule has 1 rings (SSSR count). The molecule has 98 valence electrons. The van der Waals surface area contributed by atoms with Gasteiger partial charge >= 0.3 is 10.4 Å². The maximum Gasteiger partial charge on any atom is 0.399 e. The molecule has 0 saturated heterocycles. The van der Waals surface area contributed by atoms with Crippen molar-refractivity contribution in [3.05, 3.63) is 29.8 Å². The van der Waals surface area contributed by atoms with Gasteiger partial charge in [0.05, 0.1) is 13.2 Å². The molecular weight excluding hydrogens is 244 g/mol. The summed E-state index contributed by atoms with van der Waals surface area (Å²) in [5, 5.41) is 8.81. The smallest absolute Gasteiger partial charge is 0.399 e. The lowest BCUT2D eigenvalue weighted by Crippen LogP contribution is -2.09. The highest BCUT2D eigenvalue weighted by atomic mass is 32.3. The highest BCUT2D eigenvalue weighted by Crippen LogP contribution is 2.08. The molecule has 5 nitrogen and oxygen atoms in total. The number of hydrogen-bond acceptors (Lipinski definition) is 5. The second-order valence-corrected chi connectivity index (χ2v) is 4.35. The molecule has 0 spiro atoms. The second kappa shape index (κ2) is 8.05. The van der Waals surface area contributed by atoms with Crippen molar-refractivity contribution in [2.45, 2.75) is 20.8 Å². The van der Waals surface area contributed by atoms with Crippen molar-refractivity contribution >= 4 is 10.4 Å². The first kappa shape index (κ1) is 15.9. The van der Waals surface area contributed by atoms with Crippen molar-refractivity contribution in [2.24, 2.45) is 0 Å². The highest BCUT2D eigenvalue weighted by Gasteiger charge is 2.06. The van der Waals surface area contributed by atoms with Gasteiger partial charge in [0, 0.05) is 0 Å². The first-order valence-corrected chi connectivity index (χ1v) is 6.54. The van der Waals surface area contributed by atoms with E-state index < -0.39 is 10.4 Å². The molecule has 0 amide bonds. The molecule has 0 heterocycles. The summed E-state index contributed by atoms with van der Waals surface area (Å²) in [6.07, 6.45) is 0. The SMILES string of the molecule is CCOS(=O)(=O)OCC.Cc1cccc(O)c1. The Kier molecular flexibility index (Phi) is 7.53. The molecule has 1 aromatic carbocycles. The molecule has 0 bridgehead atoms. The molecule has 0 aliphatic carbocycles. The van der Waals surface area contributed by atoms with Crippen molar-refractivity contribution in [3.63, 3.8) is 0 Å². The molecule has 17 heavy (non-hydrogen) atoms. The Morgan fingerprint density at radius 1 is 1.18 bits per heavy atom. The van der Waals surface area contributed by atoms with E-state index in [1.54, 1.807) is 26.0 Å². The molecule has 0 atom stereocenters. The van der Waals surface area contributed by atoms with Gasteiger partial charge in [0.25, 0.3) is 0 Å². The average Bonchev–Trinajstić information content (AvgIpc) is 2.17. The van der Waals surface area contributed by atoms with Gasteiger partial charge in [-0.05, 0) is 38.5 Å². The topological polar surface area (TPSA) is 72.8 Å². The van der Waals surface area contributed by atoms with E-state index >= 15 is 0 Å². The summed E-state index contributed by atoms with van der Waals surface area (Å²) in [6.45, 7) is 5.33. The molecule has 1 N–H and O–H groups in total. The van der Waals surface area contributed by atoms with Gasteiger partial charge in [0.1, 0.15) is 5.75 Å². The minimum Gasteiger partial charge on any atom is -0.508 e. The molecule has 0 unspecified atom stereocenters. The fourth-order valence-corrected chi connectivity index (χ4v) is 1.60. The van der Waals surface area contributed by atoms with Crippen molar-refractivity contribution < 1.29 is 21.9 Å². The van der Waals surface area contributed by atoms with Crippen LogP contribution in [0.15, 0.2) is 24.3 Å². The van der Waals surface area contributed by atoms with Crippen LogP contribution in [0.4, 0.5) is 0 Å². The van der Waals surface area contributed by atoms with E-state index in [4.69, 9.17) is 5.11 Å². The first-order valence-electron chi connectivity index (χ1n) is 5.20. The van der Waals surface area contributed by atoms with E-state index in [0.717, 1.165) is 5.56 Å². The molecule has 1 aromatic rings. The van der Waals surface area contributed by atoms with Gasteiger partial charge in [-0.2, -0.15) is 8.42 Å². The van der Waals surface area contributed by atoms with Gasteiger partial charge < -0.3 is 5.11 Å². The summed E-state index contributed by atoms with van der Waals surface area (Å²) in [6, 6.07) is 7.15.